The molecule has 3 atom stereocenters. The molecule has 3 aromatic carbocycles. The molecule has 434 valence electrons. The van der Waals surface area contributed by atoms with Crippen LogP contribution in [0.5, 0.6) is 0 Å². The number of anilines is 1. The predicted molar refractivity (Wildman–Crippen MR) is 308 cm³/mol. The number of likely N-dealkylation sites (tertiary alicyclic amines) is 1. The number of thiazole rings is 1. The molecule has 8 rings (SSSR count). The van der Waals surface area contributed by atoms with E-state index in [0.717, 1.165) is 67.1 Å². The van der Waals surface area contributed by atoms with E-state index in [9.17, 15) is 34.3 Å². The van der Waals surface area contributed by atoms with Crippen LogP contribution in [0.4, 0.5) is 5.69 Å². The number of H-pyrrole nitrogens is 1. The fourth-order valence-corrected chi connectivity index (χ4v) is 11.6. The van der Waals surface area contributed by atoms with E-state index in [4.69, 9.17) is 23.7 Å². The summed E-state index contributed by atoms with van der Waals surface area (Å²) in [6.45, 7) is 19.9. The lowest BCUT2D eigenvalue weighted by atomic mass is 9.70. The maximum atomic E-state index is 14.1. The van der Waals surface area contributed by atoms with Crippen molar-refractivity contribution in [3.63, 3.8) is 0 Å². The first-order valence-corrected chi connectivity index (χ1v) is 29.0. The number of nitriles is 1. The number of aliphatic hydroxyl groups is 1. The van der Waals surface area contributed by atoms with E-state index in [0.29, 0.717) is 90.2 Å². The number of nitrogens with zero attached hydrogens (tertiary/aromatic N) is 5. The second-order valence-electron chi connectivity index (χ2n) is 22.5. The molecule has 0 spiro atoms. The Hall–Kier alpha value is -6.57. The normalized spacial score (nSPS) is 17.2. The van der Waals surface area contributed by atoms with Crippen molar-refractivity contribution in [2.24, 2.45) is 5.41 Å². The van der Waals surface area contributed by atoms with Crippen molar-refractivity contribution in [2.45, 2.75) is 104 Å². The Bertz CT molecular complexity index is 3060. The molecule has 1 aliphatic carbocycles. The Labute approximate surface area is 478 Å². The minimum Gasteiger partial charge on any atom is -0.391 e. The maximum Gasteiger partial charge on any atom is 0.246 e. The molecule has 2 aliphatic heterocycles. The topological polar surface area (TPSA) is 238 Å². The molecule has 2 fully saturated rings. The number of carbonyl (C=O) groups is 5. The number of aromatic amines is 1. The first kappa shape index (κ1) is 60.5. The van der Waals surface area contributed by atoms with E-state index < -0.39 is 34.9 Å². The number of ketones is 1. The Morgan fingerprint density at radius 1 is 0.877 bits per heavy atom. The van der Waals surface area contributed by atoms with Gasteiger partial charge in [0.05, 0.1) is 112 Å². The number of rotatable bonds is 26. The van der Waals surface area contributed by atoms with Gasteiger partial charge in [-0.1, -0.05) is 71.9 Å². The lowest BCUT2D eigenvalue weighted by Gasteiger charge is -2.39. The number of hydrogen-bond acceptors (Lipinski definition) is 15. The maximum absolute atomic E-state index is 14.1. The number of hydrogen-bond donors (Lipinski definition) is 4. The highest BCUT2D eigenvalue weighted by Crippen LogP contribution is 2.46. The number of nitrogens with one attached hydrogen (secondary N) is 3. The first-order valence-electron chi connectivity index (χ1n) is 28.1. The van der Waals surface area contributed by atoms with Gasteiger partial charge in [0.2, 0.25) is 23.6 Å². The van der Waals surface area contributed by atoms with Gasteiger partial charge in [-0.05, 0) is 65.3 Å². The van der Waals surface area contributed by atoms with Gasteiger partial charge < -0.3 is 59.1 Å². The highest BCUT2D eigenvalue weighted by molar-refractivity contribution is 7.13. The number of aryl methyl sites for hydroxylation is 2. The summed E-state index contributed by atoms with van der Waals surface area (Å²) in [5.74, 6) is -1.12. The van der Waals surface area contributed by atoms with Crippen LogP contribution in [0.15, 0.2) is 60.1 Å². The molecule has 81 heavy (non-hydrogen) atoms. The number of benzene rings is 3. The minimum atomic E-state index is -0.937. The van der Waals surface area contributed by atoms with Crippen LogP contribution in [0.3, 0.4) is 0 Å². The molecule has 0 unspecified atom stereocenters. The number of ether oxygens (including phenoxy) is 5. The molecule has 4 N–H and O–H groups in total. The van der Waals surface area contributed by atoms with Crippen molar-refractivity contribution >= 4 is 57.3 Å². The van der Waals surface area contributed by atoms with E-state index >= 15 is 0 Å². The van der Waals surface area contributed by atoms with Crippen molar-refractivity contribution in [2.75, 3.05) is 104 Å². The summed E-state index contributed by atoms with van der Waals surface area (Å²) < 4.78 is 28.1. The summed E-state index contributed by atoms with van der Waals surface area (Å²) >= 11 is 1.57. The van der Waals surface area contributed by atoms with Crippen molar-refractivity contribution in [3.8, 4) is 16.5 Å². The third kappa shape index (κ3) is 14.7. The average molecular weight is 1130 g/mol. The largest absolute Gasteiger partial charge is 0.391 e. The van der Waals surface area contributed by atoms with Gasteiger partial charge in [0.15, 0.2) is 5.78 Å². The van der Waals surface area contributed by atoms with Gasteiger partial charge in [-0.2, -0.15) is 5.26 Å². The molecular weight excluding hydrogens is 1050 g/mol. The van der Waals surface area contributed by atoms with Crippen LogP contribution in [0, 0.1) is 23.7 Å². The fraction of sp³-hybridized carbons (Fsp3) is 0.525. The smallest absolute Gasteiger partial charge is 0.246 e. The summed E-state index contributed by atoms with van der Waals surface area (Å²) in [6.07, 6.45) is 0.293. The Balaban J connectivity index is 0.638. The fourth-order valence-electron chi connectivity index (χ4n) is 10.8. The molecule has 20 heteroatoms. The van der Waals surface area contributed by atoms with Crippen LogP contribution in [0.25, 0.3) is 21.3 Å². The number of fused-ring (bicyclic) bond motifs is 4. The number of aliphatic hydroxyl groups excluding tert-OH is 1. The van der Waals surface area contributed by atoms with Crippen molar-refractivity contribution in [1.29, 1.82) is 5.26 Å². The van der Waals surface area contributed by atoms with Crippen molar-refractivity contribution in [3.05, 3.63) is 105 Å². The first-order chi connectivity index (χ1) is 38.9. The van der Waals surface area contributed by atoms with Crippen LogP contribution in [0.1, 0.15) is 110 Å². The third-order valence-corrected chi connectivity index (χ3v) is 16.4. The van der Waals surface area contributed by atoms with Gasteiger partial charge in [-0.15, -0.1) is 11.3 Å². The van der Waals surface area contributed by atoms with Crippen LogP contribution < -0.4 is 15.5 Å². The molecule has 4 amide bonds. The number of β-amino-alcohol motifs (C(OH)–C–C–N with tert-alkyl or cyclic N) is 1. The number of carbonyl (C=O) groups excluding carboxylic acids is 5. The minimum absolute atomic E-state index is 0.00288. The molecule has 5 aromatic rings. The van der Waals surface area contributed by atoms with Crippen LogP contribution in [0.2, 0.25) is 0 Å². The average Bonchev–Trinajstić information content (AvgIpc) is 3.01. The molecule has 4 heterocycles. The quantitative estimate of drug-likeness (QED) is 0.0450. The Morgan fingerprint density at radius 3 is 2.10 bits per heavy atom. The van der Waals surface area contributed by atoms with Crippen LogP contribution in [-0.4, -0.2) is 171 Å². The molecule has 0 saturated carbocycles. The zero-order chi connectivity index (χ0) is 57.8. The molecule has 2 saturated heterocycles. The van der Waals surface area contributed by atoms with Crippen molar-refractivity contribution in [1.82, 2.24) is 30.4 Å². The second kappa shape index (κ2) is 27.5. The van der Waals surface area contributed by atoms with Gasteiger partial charge >= 0.3 is 0 Å². The monoisotopic (exact) mass is 1130 g/mol. The Morgan fingerprint density at radius 2 is 1.51 bits per heavy atom. The lowest BCUT2D eigenvalue weighted by molar-refractivity contribution is -0.144. The number of amides is 4. The number of aromatic nitrogens is 2. The van der Waals surface area contributed by atoms with Crippen LogP contribution in [-0.2, 0) is 61.2 Å². The zero-order valence-corrected chi connectivity index (χ0v) is 48.6. The molecule has 3 aliphatic rings. The molecule has 0 radical (unpaired) electrons. The van der Waals surface area contributed by atoms with Crippen molar-refractivity contribution < 1.29 is 52.8 Å². The highest BCUT2D eigenvalue weighted by Gasteiger charge is 2.45. The summed E-state index contributed by atoms with van der Waals surface area (Å²) in [7, 11) is 0. The highest BCUT2D eigenvalue weighted by atomic mass is 32.1. The summed E-state index contributed by atoms with van der Waals surface area (Å²) in [4.78, 5) is 82.2. The SMILES string of the molecule is CCc1cc2c(cc1N1CCN(C(=O)CCOCCOCCOCCOCCOCCC(=O)N[C@H](C(=O)N3C[C@H](O)C[C@H]3C(=O)NCc3ccc(-c4scnc4C)cc3)C(C)(C)C)CC1)C(C)(C)c1[nH]c3cc(C#N)ccc3c1C2=O. The van der Waals surface area contributed by atoms with E-state index in [1.54, 1.807) is 23.5 Å². The number of piperazine rings is 1. The predicted octanol–water partition coefficient (Wildman–Crippen LogP) is 6.23. The summed E-state index contributed by atoms with van der Waals surface area (Å²) in [5, 5.41) is 26.7. The standard InChI is InChI=1S/C61H78N8O11S/c1-8-42-32-46-47(61(6,7)56-53(54(46)73)45-14-11-41(35-62)31-48(45)65-56)34-49(42)67-17-19-68(20-18-67)52(72)16-22-77-24-26-79-28-30-80-29-27-78-25-23-76-21-15-51(71)66-57(60(3,4)5)59(75)69-37-44(70)33-50(69)58(74)63-36-40-9-12-43(13-10-40)55-39(2)64-38-81-55/h9-14,31-32,34,38,44,50,57,65,70H,8,15-30,33,36-37H2,1-7H3,(H,63,74)(H,66,71)/t44-,50+,57-/m1/s1. The molecule has 2 aromatic heterocycles. The van der Waals surface area contributed by atoms with E-state index in [1.165, 1.54) is 4.90 Å². The zero-order valence-electron chi connectivity index (χ0n) is 47.8. The van der Waals surface area contributed by atoms with E-state index in [-0.39, 0.29) is 69.1 Å². The Kier molecular flexibility index (Phi) is 20.5. The molecule has 0 bridgehead atoms. The third-order valence-electron chi connectivity index (χ3n) is 15.4. The van der Waals surface area contributed by atoms with Gasteiger partial charge in [0.1, 0.15) is 12.1 Å². The lowest BCUT2D eigenvalue weighted by Crippen LogP contribution is -2.57. The van der Waals surface area contributed by atoms with E-state index in [2.05, 4.69) is 64.5 Å². The van der Waals surface area contributed by atoms with Gasteiger partial charge in [0.25, 0.3) is 0 Å². The molecular formula is C61H78N8O11S. The second-order valence-corrected chi connectivity index (χ2v) is 23.3. The van der Waals surface area contributed by atoms with Gasteiger partial charge in [-0.25, -0.2) is 4.98 Å². The molecule has 19 nitrogen and oxygen atoms in total. The van der Waals surface area contributed by atoms with Crippen LogP contribution >= 0.6 is 11.3 Å². The van der Waals surface area contributed by atoms with E-state index in [1.807, 2.05) is 68.4 Å². The van der Waals surface area contributed by atoms with Gasteiger partial charge in [-0.3, -0.25) is 24.0 Å². The summed E-state index contributed by atoms with van der Waals surface area (Å²) in [6, 6.07) is 17.9. The summed E-state index contributed by atoms with van der Waals surface area (Å²) in [5.41, 5.74) is 10.3. The van der Waals surface area contributed by atoms with Gasteiger partial charge in [0, 0.05) is 85.4 Å².